The van der Waals surface area contributed by atoms with Gasteiger partial charge in [0.2, 0.25) is 0 Å². The van der Waals surface area contributed by atoms with Crippen LogP contribution in [0.1, 0.15) is 12.8 Å². The number of para-hydroxylation sites is 1. The third-order valence-corrected chi connectivity index (χ3v) is 3.47. The maximum atomic E-state index is 11.0. The molecule has 5 heteroatoms. The first-order valence-electron chi connectivity index (χ1n) is 6.12. The number of nitrogens with one attached hydrogen (secondary N) is 1. The van der Waals surface area contributed by atoms with Gasteiger partial charge in [-0.3, -0.25) is 4.79 Å². The molecule has 0 amide bonds. The molecule has 2 N–H and O–H groups in total. The quantitative estimate of drug-likeness (QED) is 0.880. The van der Waals surface area contributed by atoms with Crippen LogP contribution < -0.4 is 10.2 Å². The Hall–Kier alpha value is -1.26. The fourth-order valence-corrected chi connectivity index (χ4v) is 2.57. The molecule has 18 heavy (non-hydrogen) atoms. The lowest BCUT2D eigenvalue weighted by Gasteiger charge is -2.31. The number of rotatable bonds is 3. The fraction of sp³-hybridized carbons (Fsp3) is 0.462. The molecule has 1 aromatic carbocycles. The van der Waals surface area contributed by atoms with Crippen LogP contribution in [0, 0.1) is 0 Å². The predicted octanol–water partition coefficient (Wildman–Crippen LogP) is 1.98. The SMILES string of the molecule is O=C(O)CC1CNCCCN1c1ccccc1Cl. The lowest BCUT2D eigenvalue weighted by Crippen LogP contribution is -2.41. The van der Waals surface area contributed by atoms with Crippen LogP contribution in [0.5, 0.6) is 0 Å². The Kier molecular flexibility index (Phi) is 4.44. The third-order valence-electron chi connectivity index (χ3n) is 3.15. The zero-order valence-corrected chi connectivity index (χ0v) is 10.9. The third kappa shape index (κ3) is 3.15. The Labute approximate surface area is 112 Å². The first kappa shape index (κ1) is 13.2. The van der Waals surface area contributed by atoms with Crippen molar-refractivity contribution in [3.05, 3.63) is 29.3 Å². The highest BCUT2D eigenvalue weighted by Crippen LogP contribution is 2.28. The van der Waals surface area contributed by atoms with Gasteiger partial charge in [0.15, 0.2) is 0 Å². The molecule has 1 heterocycles. The topological polar surface area (TPSA) is 52.6 Å². The number of nitrogens with zero attached hydrogens (tertiary/aromatic N) is 1. The van der Waals surface area contributed by atoms with Gasteiger partial charge < -0.3 is 15.3 Å². The summed E-state index contributed by atoms with van der Waals surface area (Å²) in [6.45, 7) is 2.42. The molecule has 1 fully saturated rings. The molecule has 1 saturated heterocycles. The summed E-state index contributed by atoms with van der Waals surface area (Å²) in [7, 11) is 0. The molecular formula is C13H17ClN2O2. The minimum atomic E-state index is -0.777. The van der Waals surface area contributed by atoms with Gasteiger partial charge in [0.25, 0.3) is 0 Å². The van der Waals surface area contributed by atoms with Crippen molar-refractivity contribution in [2.24, 2.45) is 0 Å². The molecule has 0 aliphatic carbocycles. The molecule has 0 saturated carbocycles. The van der Waals surface area contributed by atoms with E-state index in [1.165, 1.54) is 0 Å². The molecule has 0 aromatic heterocycles. The van der Waals surface area contributed by atoms with Gasteiger partial charge in [-0.25, -0.2) is 0 Å². The first-order chi connectivity index (χ1) is 8.68. The summed E-state index contributed by atoms with van der Waals surface area (Å²) in [5, 5.41) is 13.0. The van der Waals surface area contributed by atoms with Crippen molar-refractivity contribution in [1.29, 1.82) is 0 Å². The lowest BCUT2D eigenvalue weighted by molar-refractivity contribution is -0.137. The van der Waals surface area contributed by atoms with E-state index in [0.717, 1.165) is 25.2 Å². The second-order valence-corrected chi connectivity index (χ2v) is 4.86. The summed E-state index contributed by atoms with van der Waals surface area (Å²) < 4.78 is 0. The molecule has 0 spiro atoms. The number of carboxylic acids is 1. The second kappa shape index (κ2) is 6.07. The van der Waals surface area contributed by atoms with Crippen LogP contribution in [0.2, 0.25) is 5.02 Å². The highest BCUT2D eigenvalue weighted by molar-refractivity contribution is 6.33. The van der Waals surface area contributed by atoms with Crippen molar-refractivity contribution in [3.8, 4) is 0 Å². The maximum Gasteiger partial charge on any atom is 0.305 e. The number of carboxylic acid groups (broad SMARTS) is 1. The molecule has 1 aliphatic rings. The van der Waals surface area contributed by atoms with Crippen LogP contribution in [-0.2, 0) is 4.79 Å². The van der Waals surface area contributed by atoms with E-state index in [4.69, 9.17) is 16.7 Å². The fourth-order valence-electron chi connectivity index (χ4n) is 2.32. The number of hydrogen-bond acceptors (Lipinski definition) is 3. The molecule has 1 atom stereocenters. The number of halogens is 1. The summed E-state index contributed by atoms with van der Waals surface area (Å²) in [5.41, 5.74) is 0.925. The average Bonchev–Trinajstić information content (AvgIpc) is 2.55. The zero-order chi connectivity index (χ0) is 13.0. The number of carbonyl (C=O) groups is 1. The van der Waals surface area contributed by atoms with Gasteiger partial charge in [0, 0.05) is 13.1 Å². The highest BCUT2D eigenvalue weighted by atomic mass is 35.5. The Morgan fingerprint density at radius 3 is 3.00 bits per heavy atom. The minimum absolute atomic E-state index is 0.0510. The number of benzene rings is 1. The van der Waals surface area contributed by atoms with E-state index >= 15 is 0 Å². The van der Waals surface area contributed by atoms with Gasteiger partial charge in [-0.15, -0.1) is 0 Å². The normalized spacial score (nSPS) is 20.5. The van der Waals surface area contributed by atoms with Crippen molar-refractivity contribution in [3.63, 3.8) is 0 Å². The van der Waals surface area contributed by atoms with E-state index in [9.17, 15) is 4.79 Å². The molecular weight excluding hydrogens is 252 g/mol. The van der Waals surface area contributed by atoms with Gasteiger partial charge in [0.1, 0.15) is 0 Å². The zero-order valence-electron chi connectivity index (χ0n) is 10.1. The summed E-state index contributed by atoms with van der Waals surface area (Å²) in [6.07, 6.45) is 1.11. The summed E-state index contributed by atoms with van der Waals surface area (Å²) in [6, 6.07) is 7.55. The van der Waals surface area contributed by atoms with Gasteiger partial charge >= 0.3 is 5.97 Å². The van der Waals surface area contributed by atoms with Gasteiger partial charge in [-0.1, -0.05) is 23.7 Å². The Morgan fingerprint density at radius 1 is 1.50 bits per heavy atom. The first-order valence-corrected chi connectivity index (χ1v) is 6.50. The van der Waals surface area contributed by atoms with E-state index in [2.05, 4.69) is 10.2 Å². The summed E-state index contributed by atoms with van der Waals surface area (Å²) in [5.74, 6) is -0.777. The average molecular weight is 269 g/mol. The van der Waals surface area contributed by atoms with Gasteiger partial charge in [-0.05, 0) is 25.1 Å². The van der Waals surface area contributed by atoms with Crippen LogP contribution in [0.25, 0.3) is 0 Å². The Bertz CT molecular complexity index is 425. The molecule has 2 rings (SSSR count). The molecule has 1 aliphatic heterocycles. The summed E-state index contributed by atoms with van der Waals surface area (Å²) in [4.78, 5) is 13.1. The molecule has 4 nitrogen and oxygen atoms in total. The van der Waals surface area contributed by atoms with Crippen molar-refractivity contribution in [2.45, 2.75) is 18.9 Å². The largest absolute Gasteiger partial charge is 0.481 e. The van der Waals surface area contributed by atoms with Crippen LogP contribution >= 0.6 is 11.6 Å². The number of anilines is 1. The standard InChI is InChI=1S/C13H17ClN2O2/c14-11-4-1-2-5-12(11)16-7-3-6-15-9-10(16)8-13(17)18/h1-2,4-5,10,15H,3,6-9H2,(H,17,18). The molecule has 1 unspecified atom stereocenters. The highest BCUT2D eigenvalue weighted by Gasteiger charge is 2.24. The predicted molar refractivity (Wildman–Crippen MR) is 72.3 cm³/mol. The van der Waals surface area contributed by atoms with E-state index in [0.29, 0.717) is 11.6 Å². The van der Waals surface area contributed by atoms with Crippen molar-refractivity contribution in [2.75, 3.05) is 24.5 Å². The van der Waals surface area contributed by atoms with E-state index in [1.54, 1.807) is 0 Å². The second-order valence-electron chi connectivity index (χ2n) is 4.45. The van der Waals surface area contributed by atoms with Crippen LogP contribution in [0.4, 0.5) is 5.69 Å². The number of aliphatic carboxylic acids is 1. The summed E-state index contributed by atoms with van der Waals surface area (Å²) >= 11 is 6.20. The molecule has 0 bridgehead atoms. The Morgan fingerprint density at radius 2 is 2.28 bits per heavy atom. The van der Waals surface area contributed by atoms with Gasteiger partial charge in [-0.2, -0.15) is 0 Å². The van der Waals surface area contributed by atoms with Gasteiger partial charge in [0.05, 0.1) is 23.2 Å². The van der Waals surface area contributed by atoms with Crippen molar-refractivity contribution >= 4 is 23.3 Å². The molecule has 98 valence electrons. The maximum absolute atomic E-state index is 11.0. The van der Waals surface area contributed by atoms with Crippen LogP contribution in [-0.4, -0.2) is 36.8 Å². The number of hydrogen-bond donors (Lipinski definition) is 2. The lowest BCUT2D eigenvalue weighted by atomic mass is 10.1. The Balaban J connectivity index is 2.25. The minimum Gasteiger partial charge on any atom is -0.481 e. The van der Waals surface area contributed by atoms with Crippen LogP contribution in [0.3, 0.4) is 0 Å². The monoisotopic (exact) mass is 268 g/mol. The van der Waals surface area contributed by atoms with E-state index < -0.39 is 5.97 Å². The molecule has 1 aromatic rings. The molecule has 0 radical (unpaired) electrons. The smallest absolute Gasteiger partial charge is 0.305 e. The van der Waals surface area contributed by atoms with Crippen molar-refractivity contribution < 1.29 is 9.90 Å². The van der Waals surface area contributed by atoms with E-state index in [1.807, 2.05) is 24.3 Å². The van der Waals surface area contributed by atoms with Crippen molar-refractivity contribution in [1.82, 2.24) is 5.32 Å². The van der Waals surface area contributed by atoms with Crippen LogP contribution in [0.15, 0.2) is 24.3 Å². The van der Waals surface area contributed by atoms with E-state index in [-0.39, 0.29) is 12.5 Å².